The Morgan fingerprint density at radius 1 is 0.963 bits per heavy atom. The van der Waals surface area contributed by atoms with Gasteiger partial charge in [0.2, 0.25) is 18.2 Å². The molecule has 7 heteroatoms. The summed E-state index contributed by atoms with van der Waals surface area (Å²) in [4.78, 5) is 35.0. The van der Waals surface area contributed by atoms with E-state index in [0.29, 0.717) is 17.9 Å². The maximum absolute atomic E-state index is 12.4. The van der Waals surface area contributed by atoms with E-state index in [9.17, 15) is 19.6 Å². The predicted octanol–water partition coefficient (Wildman–Crippen LogP) is 1.47. The molecule has 0 aromatic heterocycles. The van der Waals surface area contributed by atoms with Crippen LogP contribution in [0.4, 0.5) is 0 Å². The van der Waals surface area contributed by atoms with Crippen molar-refractivity contribution in [3.05, 3.63) is 71.8 Å². The molecule has 0 radical (unpaired) electrons. The van der Waals surface area contributed by atoms with Crippen LogP contribution in [0.25, 0.3) is 0 Å². The van der Waals surface area contributed by atoms with E-state index in [2.05, 4.69) is 10.9 Å². The van der Waals surface area contributed by atoms with Crippen molar-refractivity contribution in [2.45, 2.75) is 19.3 Å². The van der Waals surface area contributed by atoms with Crippen LogP contribution in [0.1, 0.15) is 17.5 Å². The van der Waals surface area contributed by atoms with Gasteiger partial charge >= 0.3 is 0 Å². The van der Waals surface area contributed by atoms with Crippen LogP contribution in [0.3, 0.4) is 0 Å². The zero-order valence-electron chi connectivity index (χ0n) is 14.9. The van der Waals surface area contributed by atoms with Gasteiger partial charge < -0.3 is 0 Å². The quantitative estimate of drug-likeness (QED) is 0.354. The Labute approximate surface area is 157 Å². The van der Waals surface area contributed by atoms with Gasteiger partial charge in [0.15, 0.2) is 0 Å². The lowest BCUT2D eigenvalue weighted by Crippen LogP contribution is -2.47. The van der Waals surface area contributed by atoms with Crippen LogP contribution >= 0.6 is 0 Å². The summed E-state index contributed by atoms with van der Waals surface area (Å²) in [6.45, 7) is -0.156. The molecular formula is C20H23N3O4. The Kier molecular flexibility index (Phi) is 7.99. The molecule has 0 aliphatic rings. The van der Waals surface area contributed by atoms with Gasteiger partial charge in [-0.05, 0) is 24.0 Å². The van der Waals surface area contributed by atoms with E-state index in [1.807, 2.05) is 60.7 Å². The molecule has 0 saturated carbocycles. The third-order valence-corrected chi connectivity index (χ3v) is 4.06. The van der Waals surface area contributed by atoms with Crippen molar-refractivity contribution in [3.8, 4) is 0 Å². The molecule has 0 spiro atoms. The van der Waals surface area contributed by atoms with Gasteiger partial charge in [-0.1, -0.05) is 60.7 Å². The van der Waals surface area contributed by atoms with E-state index in [4.69, 9.17) is 0 Å². The summed E-state index contributed by atoms with van der Waals surface area (Å²) >= 11 is 0. The van der Waals surface area contributed by atoms with Crippen LogP contribution in [0.5, 0.6) is 0 Å². The van der Waals surface area contributed by atoms with Crippen molar-refractivity contribution in [1.82, 2.24) is 15.9 Å². The van der Waals surface area contributed by atoms with Crippen LogP contribution in [0, 0.1) is 5.92 Å². The standard InChI is InChI=1S/C20H23N3O4/c24-15-23(27)14-18(12-11-16-7-3-1-4-8-16)20(26)22-21-19(25)13-17-9-5-2-6-10-17/h1-10,15,18,27H,11-14H2,(H,21,25)(H,22,26). The molecule has 0 heterocycles. The number of nitrogens with zero attached hydrogens (tertiary/aromatic N) is 1. The number of aryl methyl sites for hydroxylation is 1. The van der Waals surface area contributed by atoms with Gasteiger partial charge in [0.05, 0.1) is 18.9 Å². The molecule has 0 aliphatic carbocycles. The first-order valence-corrected chi connectivity index (χ1v) is 8.66. The van der Waals surface area contributed by atoms with Crippen LogP contribution < -0.4 is 10.9 Å². The molecule has 2 aromatic carbocycles. The van der Waals surface area contributed by atoms with E-state index in [1.54, 1.807) is 0 Å². The maximum Gasteiger partial charge on any atom is 0.243 e. The Hall–Kier alpha value is -3.19. The molecule has 0 bridgehead atoms. The fourth-order valence-corrected chi connectivity index (χ4v) is 2.62. The summed E-state index contributed by atoms with van der Waals surface area (Å²) in [7, 11) is 0. The highest BCUT2D eigenvalue weighted by Crippen LogP contribution is 2.11. The third-order valence-electron chi connectivity index (χ3n) is 4.06. The molecule has 1 unspecified atom stereocenters. The molecule has 3 N–H and O–H groups in total. The van der Waals surface area contributed by atoms with Crippen molar-refractivity contribution in [2.24, 2.45) is 5.92 Å². The van der Waals surface area contributed by atoms with E-state index >= 15 is 0 Å². The summed E-state index contributed by atoms with van der Waals surface area (Å²) in [5.41, 5.74) is 6.62. The van der Waals surface area contributed by atoms with E-state index in [1.165, 1.54) is 0 Å². The number of hydrogen-bond acceptors (Lipinski definition) is 4. The van der Waals surface area contributed by atoms with Crippen LogP contribution in [-0.2, 0) is 27.2 Å². The normalized spacial score (nSPS) is 11.3. The number of amides is 3. The average Bonchev–Trinajstić information content (AvgIpc) is 2.70. The topological polar surface area (TPSA) is 98.7 Å². The Balaban J connectivity index is 1.87. The Morgan fingerprint density at radius 2 is 1.56 bits per heavy atom. The van der Waals surface area contributed by atoms with E-state index in [-0.39, 0.29) is 25.3 Å². The van der Waals surface area contributed by atoms with Gasteiger partial charge in [0.1, 0.15) is 0 Å². The molecule has 2 rings (SSSR count). The second-order valence-electron chi connectivity index (χ2n) is 6.15. The number of hydroxylamine groups is 2. The zero-order chi connectivity index (χ0) is 19.5. The summed E-state index contributed by atoms with van der Waals surface area (Å²) in [5.74, 6) is -1.49. The minimum absolute atomic E-state index is 0.135. The van der Waals surface area contributed by atoms with Crippen molar-refractivity contribution in [2.75, 3.05) is 6.54 Å². The van der Waals surface area contributed by atoms with Crippen LogP contribution in [0.15, 0.2) is 60.7 Å². The molecule has 0 saturated heterocycles. The summed E-state index contributed by atoms with van der Waals surface area (Å²) in [6, 6.07) is 18.7. The van der Waals surface area contributed by atoms with Crippen LogP contribution in [-0.4, -0.2) is 35.0 Å². The first kappa shape index (κ1) is 20.1. The minimum atomic E-state index is -0.669. The number of hydrazine groups is 1. The molecule has 3 amide bonds. The first-order valence-electron chi connectivity index (χ1n) is 8.66. The highest BCUT2D eigenvalue weighted by Gasteiger charge is 2.21. The van der Waals surface area contributed by atoms with Gasteiger partial charge in [0.25, 0.3) is 0 Å². The van der Waals surface area contributed by atoms with E-state index in [0.717, 1.165) is 11.1 Å². The fourth-order valence-electron chi connectivity index (χ4n) is 2.62. The highest BCUT2D eigenvalue weighted by molar-refractivity contribution is 5.84. The molecule has 7 nitrogen and oxygen atoms in total. The number of nitrogens with one attached hydrogen (secondary N) is 2. The van der Waals surface area contributed by atoms with Crippen LogP contribution in [0.2, 0.25) is 0 Å². The van der Waals surface area contributed by atoms with Gasteiger partial charge in [-0.15, -0.1) is 0 Å². The molecule has 142 valence electrons. The number of carbonyl (C=O) groups is 3. The molecule has 27 heavy (non-hydrogen) atoms. The highest BCUT2D eigenvalue weighted by atomic mass is 16.5. The largest absolute Gasteiger partial charge is 0.286 e. The lowest BCUT2D eigenvalue weighted by atomic mass is 9.98. The number of benzene rings is 2. The first-order chi connectivity index (χ1) is 13.1. The second kappa shape index (κ2) is 10.7. The SMILES string of the molecule is O=CN(O)CC(CCc1ccccc1)C(=O)NNC(=O)Cc1ccccc1. The van der Waals surface area contributed by atoms with Crippen molar-refractivity contribution in [3.63, 3.8) is 0 Å². The lowest BCUT2D eigenvalue weighted by molar-refractivity contribution is -0.155. The number of rotatable bonds is 9. The number of carbonyl (C=O) groups excluding carboxylic acids is 3. The molecule has 1 atom stereocenters. The summed E-state index contributed by atoms with van der Waals surface area (Å²) < 4.78 is 0. The Morgan fingerprint density at radius 3 is 2.15 bits per heavy atom. The maximum atomic E-state index is 12.4. The molecule has 2 aromatic rings. The molecule has 0 aliphatic heterocycles. The summed E-state index contributed by atoms with van der Waals surface area (Å²) in [6.07, 6.45) is 1.39. The van der Waals surface area contributed by atoms with Crippen molar-refractivity contribution in [1.29, 1.82) is 0 Å². The van der Waals surface area contributed by atoms with Gasteiger partial charge in [0, 0.05) is 0 Å². The second-order valence-corrected chi connectivity index (χ2v) is 6.15. The average molecular weight is 369 g/mol. The third kappa shape index (κ3) is 7.29. The summed E-state index contributed by atoms with van der Waals surface area (Å²) in [5, 5.41) is 9.88. The smallest absolute Gasteiger partial charge is 0.243 e. The molecular weight excluding hydrogens is 346 g/mol. The van der Waals surface area contributed by atoms with E-state index < -0.39 is 11.8 Å². The van der Waals surface area contributed by atoms with Gasteiger partial charge in [-0.2, -0.15) is 0 Å². The van der Waals surface area contributed by atoms with Crippen molar-refractivity contribution < 1.29 is 19.6 Å². The Bertz CT molecular complexity index is 737. The fraction of sp³-hybridized carbons (Fsp3) is 0.250. The van der Waals surface area contributed by atoms with Gasteiger partial charge in [-0.25, -0.2) is 5.06 Å². The minimum Gasteiger partial charge on any atom is -0.286 e. The number of hydrogen-bond donors (Lipinski definition) is 3. The predicted molar refractivity (Wildman–Crippen MR) is 99.2 cm³/mol. The monoisotopic (exact) mass is 369 g/mol. The van der Waals surface area contributed by atoms with Gasteiger partial charge in [-0.3, -0.25) is 30.4 Å². The lowest BCUT2D eigenvalue weighted by Gasteiger charge is -2.19. The molecule has 0 fully saturated rings. The zero-order valence-corrected chi connectivity index (χ0v) is 14.9. The van der Waals surface area contributed by atoms with Crippen molar-refractivity contribution >= 4 is 18.2 Å².